The first-order valence-corrected chi connectivity index (χ1v) is 12.7. The van der Waals surface area contributed by atoms with E-state index in [2.05, 4.69) is 0 Å². The molecule has 0 spiro atoms. The second-order valence-corrected chi connectivity index (χ2v) is 10.1. The first kappa shape index (κ1) is 22.9. The molecule has 3 aromatic rings. The van der Waals surface area contributed by atoms with E-state index in [1.165, 1.54) is 25.5 Å². The normalized spacial score (nSPS) is 21.0. The van der Waals surface area contributed by atoms with Crippen LogP contribution in [0.15, 0.2) is 29.1 Å². The summed E-state index contributed by atoms with van der Waals surface area (Å²) in [5.41, 5.74) is 1.92. The number of carbonyl (C=O) groups is 1. The largest absolute Gasteiger partial charge is 0.492 e. The maximum Gasteiger partial charge on any atom is 0.343 e. The molecule has 0 radical (unpaired) electrons. The van der Waals surface area contributed by atoms with E-state index in [1.54, 1.807) is 17.6 Å². The molecule has 1 aromatic carbocycles. The first-order valence-electron chi connectivity index (χ1n) is 12.7. The average Bonchev–Trinajstić information content (AvgIpc) is 3.28. The predicted octanol–water partition coefficient (Wildman–Crippen LogP) is 4.04. The molecule has 8 nitrogen and oxygen atoms in total. The maximum atomic E-state index is 13.6. The lowest BCUT2D eigenvalue weighted by Gasteiger charge is -2.31. The topological polar surface area (TPSA) is 115 Å². The number of aromatic nitrogens is 2. The minimum Gasteiger partial charge on any atom is -0.492 e. The highest BCUT2D eigenvalue weighted by molar-refractivity contribution is 5.95. The van der Waals surface area contributed by atoms with Crippen LogP contribution in [0.1, 0.15) is 67.7 Å². The predicted molar refractivity (Wildman–Crippen MR) is 134 cm³/mol. The maximum absolute atomic E-state index is 13.6. The number of hydrogen-bond acceptors (Lipinski definition) is 7. The van der Waals surface area contributed by atoms with E-state index in [0.29, 0.717) is 46.3 Å². The molecule has 186 valence electrons. The third-order valence-corrected chi connectivity index (χ3v) is 8.01. The first-order chi connectivity index (χ1) is 17.4. The highest BCUT2D eigenvalue weighted by atomic mass is 16.6. The zero-order valence-electron chi connectivity index (χ0n) is 20.3. The van der Waals surface area contributed by atoms with Gasteiger partial charge in [0.25, 0.3) is 5.56 Å². The number of nitrogens with zero attached hydrogens (tertiary/aromatic N) is 2. The van der Waals surface area contributed by atoms with E-state index in [-0.39, 0.29) is 25.1 Å². The van der Waals surface area contributed by atoms with Crippen molar-refractivity contribution in [2.75, 3.05) is 6.61 Å². The van der Waals surface area contributed by atoms with Gasteiger partial charge in [-0.2, -0.15) is 0 Å². The number of carbonyl (C=O) groups excluding carboxylic acids is 1. The van der Waals surface area contributed by atoms with E-state index in [1.807, 2.05) is 18.2 Å². The van der Waals surface area contributed by atoms with Crippen LogP contribution < -0.4 is 10.3 Å². The summed E-state index contributed by atoms with van der Waals surface area (Å²) in [6.45, 7) is 2.42. The average molecular weight is 488 g/mol. The molecular weight excluding hydrogens is 458 g/mol. The number of rotatable bonds is 5. The van der Waals surface area contributed by atoms with Crippen molar-refractivity contribution in [3.05, 3.63) is 56.9 Å². The Morgan fingerprint density at radius 1 is 1.22 bits per heavy atom. The summed E-state index contributed by atoms with van der Waals surface area (Å²) in [6, 6.07) is 7.33. The van der Waals surface area contributed by atoms with Crippen molar-refractivity contribution in [3.63, 3.8) is 0 Å². The molecule has 6 rings (SSSR count). The van der Waals surface area contributed by atoms with Gasteiger partial charge in [0.15, 0.2) is 5.60 Å². The minimum absolute atomic E-state index is 0.0991. The molecule has 4 heterocycles. The van der Waals surface area contributed by atoms with Gasteiger partial charge in [0, 0.05) is 22.7 Å². The fourth-order valence-corrected chi connectivity index (χ4v) is 5.87. The summed E-state index contributed by atoms with van der Waals surface area (Å²) >= 11 is 0. The Morgan fingerprint density at radius 3 is 2.78 bits per heavy atom. The number of cyclic esters (lactones) is 1. The number of benzene rings is 1. The molecule has 1 saturated carbocycles. The van der Waals surface area contributed by atoms with Gasteiger partial charge >= 0.3 is 5.97 Å². The summed E-state index contributed by atoms with van der Waals surface area (Å²) in [7, 11) is 0. The molecule has 2 N–H and O–H groups in total. The molecule has 0 saturated heterocycles. The van der Waals surface area contributed by atoms with E-state index in [4.69, 9.17) is 19.9 Å². The smallest absolute Gasteiger partial charge is 0.343 e. The zero-order valence-corrected chi connectivity index (χ0v) is 20.3. The van der Waals surface area contributed by atoms with Gasteiger partial charge in [-0.05, 0) is 48.9 Å². The fourth-order valence-electron chi connectivity index (χ4n) is 5.87. The number of aliphatic hydroxyl groups is 1. The third-order valence-electron chi connectivity index (χ3n) is 8.01. The zero-order chi connectivity index (χ0) is 25.0. The molecule has 8 heteroatoms. The summed E-state index contributed by atoms with van der Waals surface area (Å²) in [5, 5.41) is 19.7. The number of ether oxygens (including phenoxy) is 2. The Labute approximate surface area is 208 Å². The van der Waals surface area contributed by atoms with Crippen LogP contribution in [-0.4, -0.2) is 33.4 Å². The Morgan fingerprint density at radius 2 is 2.03 bits per heavy atom. The van der Waals surface area contributed by atoms with Crippen LogP contribution in [-0.2, 0) is 28.3 Å². The number of fused-ring (bicyclic) bond motifs is 5. The van der Waals surface area contributed by atoms with Crippen LogP contribution in [0, 0.1) is 11.3 Å². The molecule has 36 heavy (non-hydrogen) atoms. The molecule has 2 aliphatic heterocycles. The van der Waals surface area contributed by atoms with Crippen LogP contribution in [0.2, 0.25) is 0 Å². The number of hydrogen-bond donors (Lipinski definition) is 2. The van der Waals surface area contributed by atoms with Crippen molar-refractivity contribution in [1.29, 1.82) is 5.41 Å². The van der Waals surface area contributed by atoms with Crippen LogP contribution in [0.4, 0.5) is 0 Å². The second-order valence-electron chi connectivity index (χ2n) is 10.1. The SMILES string of the molecule is CC[C@@]1(O)C(=O)OCc2c1cc1n(c2=O)Cc2c-1nc1ccc(C=N)cc1c2OCC1CCCCC1. The van der Waals surface area contributed by atoms with Gasteiger partial charge in [0.05, 0.1) is 35.6 Å². The summed E-state index contributed by atoms with van der Waals surface area (Å²) < 4.78 is 13.3. The molecule has 1 aliphatic carbocycles. The molecule has 1 fully saturated rings. The van der Waals surface area contributed by atoms with Gasteiger partial charge in [0.1, 0.15) is 12.4 Å². The van der Waals surface area contributed by atoms with E-state index in [9.17, 15) is 14.7 Å². The van der Waals surface area contributed by atoms with Crippen molar-refractivity contribution >= 4 is 23.1 Å². The van der Waals surface area contributed by atoms with Crippen molar-refractivity contribution in [2.45, 2.75) is 64.2 Å². The molecule has 0 bridgehead atoms. The lowest BCUT2D eigenvalue weighted by Crippen LogP contribution is -2.44. The molecule has 0 amide bonds. The third kappa shape index (κ3) is 3.38. The van der Waals surface area contributed by atoms with Crippen molar-refractivity contribution in [1.82, 2.24) is 9.55 Å². The van der Waals surface area contributed by atoms with Gasteiger partial charge in [0.2, 0.25) is 0 Å². The van der Waals surface area contributed by atoms with Gasteiger partial charge in [-0.15, -0.1) is 0 Å². The Bertz CT molecular complexity index is 1470. The van der Waals surface area contributed by atoms with E-state index in [0.717, 1.165) is 29.4 Å². The van der Waals surface area contributed by atoms with E-state index < -0.39 is 11.6 Å². The van der Waals surface area contributed by atoms with Gasteiger partial charge < -0.3 is 24.6 Å². The molecule has 1 atom stereocenters. The molecular formula is C28H29N3O5. The van der Waals surface area contributed by atoms with Crippen LogP contribution in [0.5, 0.6) is 5.75 Å². The highest BCUT2D eigenvalue weighted by Gasteiger charge is 2.45. The number of esters is 1. The molecule has 0 unspecified atom stereocenters. The minimum atomic E-state index is -1.86. The lowest BCUT2D eigenvalue weighted by atomic mass is 9.86. The summed E-state index contributed by atoms with van der Waals surface area (Å²) in [5.74, 6) is 0.454. The van der Waals surface area contributed by atoms with Gasteiger partial charge in [-0.25, -0.2) is 9.78 Å². The number of pyridine rings is 2. The lowest BCUT2D eigenvalue weighted by molar-refractivity contribution is -0.172. The fraction of sp³-hybridized carbons (Fsp3) is 0.429. The van der Waals surface area contributed by atoms with Crippen LogP contribution >= 0.6 is 0 Å². The highest BCUT2D eigenvalue weighted by Crippen LogP contribution is 2.43. The quantitative estimate of drug-likeness (QED) is 0.324. The Balaban J connectivity index is 1.53. The monoisotopic (exact) mass is 487 g/mol. The van der Waals surface area contributed by atoms with Crippen LogP contribution in [0.25, 0.3) is 22.3 Å². The van der Waals surface area contributed by atoms with Crippen LogP contribution in [0.3, 0.4) is 0 Å². The molecule has 2 aromatic heterocycles. The van der Waals surface area contributed by atoms with Crippen molar-refractivity contribution < 1.29 is 19.4 Å². The standard InChI is InChI=1S/C28H29N3O5/c1-2-28(34)21-11-23-24-19(13-31(23)26(32)20(21)15-36-27(28)33)25(35-14-16-6-4-3-5-7-16)18-10-17(12-29)8-9-22(18)30-24/h8-12,16,29,34H,2-7,13-15H2,1H3/t28-/m0/s1. The van der Waals surface area contributed by atoms with Gasteiger partial charge in [-0.1, -0.05) is 32.3 Å². The van der Waals surface area contributed by atoms with Crippen molar-refractivity contribution in [3.8, 4) is 17.1 Å². The second kappa shape index (κ2) is 8.55. The van der Waals surface area contributed by atoms with E-state index >= 15 is 0 Å². The molecule has 3 aliphatic rings. The van der Waals surface area contributed by atoms with Crippen molar-refractivity contribution in [2.24, 2.45) is 5.92 Å². The Kier molecular flexibility index (Phi) is 5.44. The summed E-state index contributed by atoms with van der Waals surface area (Å²) in [4.78, 5) is 30.9. The van der Waals surface area contributed by atoms with Gasteiger partial charge in [-0.3, -0.25) is 4.79 Å². The summed E-state index contributed by atoms with van der Waals surface area (Å²) in [6.07, 6.45) is 7.39. The Hall–Kier alpha value is -3.52. The number of nitrogens with one attached hydrogen (secondary N) is 1.